The third-order valence-electron chi connectivity index (χ3n) is 3.83. The maximum atomic E-state index is 6.18. The Morgan fingerprint density at radius 3 is 2.50 bits per heavy atom. The van der Waals surface area contributed by atoms with Gasteiger partial charge in [0.15, 0.2) is 0 Å². The number of fused-ring (bicyclic) bond motifs is 1. The molecule has 0 atom stereocenters. The fourth-order valence-corrected chi connectivity index (χ4v) is 2.87. The highest BCUT2D eigenvalue weighted by atomic mass is 35.5. The van der Waals surface area contributed by atoms with E-state index in [1.54, 1.807) is 0 Å². The van der Waals surface area contributed by atoms with E-state index in [4.69, 9.17) is 11.6 Å². The van der Waals surface area contributed by atoms with Crippen LogP contribution < -0.4 is 5.32 Å². The molecule has 2 aromatic carbocycles. The van der Waals surface area contributed by atoms with Gasteiger partial charge in [-0.2, -0.15) is 0 Å². The Hall–Kier alpha value is -1.93. The molecule has 0 unspecified atom stereocenters. The van der Waals surface area contributed by atoms with Gasteiger partial charge in [-0.1, -0.05) is 41.9 Å². The van der Waals surface area contributed by atoms with E-state index in [0.717, 1.165) is 17.3 Å². The molecule has 0 bridgehead atoms. The first-order valence-corrected chi connectivity index (χ1v) is 7.07. The zero-order valence-corrected chi connectivity index (χ0v) is 12.4. The highest BCUT2D eigenvalue weighted by Crippen LogP contribution is 2.26. The van der Waals surface area contributed by atoms with Crippen molar-refractivity contribution in [2.45, 2.75) is 13.5 Å². The summed E-state index contributed by atoms with van der Waals surface area (Å²) < 4.78 is 2.24. The number of nitrogens with one attached hydrogen (secondary N) is 1. The van der Waals surface area contributed by atoms with Gasteiger partial charge in [0.2, 0.25) is 0 Å². The summed E-state index contributed by atoms with van der Waals surface area (Å²) in [4.78, 5) is 0. The maximum absolute atomic E-state index is 6.18. The van der Waals surface area contributed by atoms with Crippen molar-refractivity contribution in [2.24, 2.45) is 7.05 Å². The van der Waals surface area contributed by atoms with Crippen LogP contribution in [-0.4, -0.2) is 4.57 Å². The van der Waals surface area contributed by atoms with Crippen LogP contribution in [0.5, 0.6) is 0 Å². The van der Waals surface area contributed by atoms with Crippen molar-refractivity contribution >= 4 is 28.2 Å². The number of aryl methyl sites for hydroxylation is 2. The predicted octanol–water partition coefficient (Wildman–Crippen LogP) is 4.75. The van der Waals surface area contributed by atoms with Crippen molar-refractivity contribution in [3.05, 3.63) is 64.8 Å². The molecule has 0 saturated heterocycles. The molecule has 0 fully saturated rings. The Kier molecular flexibility index (Phi) is 3.41. The van der Waals surface area contributed by atoms with Crippen molar-refractivity contribution in [2.75, 3.05) is 5.32 Å². The Morgan fingerprint density at radius 2 is 1.75 bits per heavy atom. The highest BCUT2D eigenvalue weighted by Gasteiger charge is 2.11. The van der Waals surface area contributed by atoms with Gasteiger partial charge in [-0.15, -0.1) is 0 Å². The molecule has 0 spiro atoms. The zero-order chi connectivity index (χ0) is 14.1. The lowest BCUT2D eigenvalue weighted by Crippen LogP contribution is -2.06. The van der Waals surface area contributed by atoms with Gasteiger partial charge in [-0.25, -0.2) is 0 Å². The smallest absolute Gasteiger partial charge is 0.0637 e. The molecule has 3 rings (SSSR count). The van der Waals surface area contributed by atoms with Crippen LogP contribution in [-0.2, 0) is 13.6 Å². The molecule has 0 radical (unpaired) electrons. The van der Waals surface area contributed by atoms with Crippen LogP contribution in [0, 0.1) is 6.92 Å². The first-order chi connectivity index (χ1) is 9.68. The van der Waals surface area contributed by atoms with E-state index in [1.165, 1.54) is 22.2 Å². The average Bonchev–Trinajstić information content (AvgIpc) is 2.71. The summed E-state index contributed by atoms with van der Waals surface area (Å²) in [6.07, 6.45) is 0. The summed E-state index contributed by atoms with van der Waals surface area (Å²) in [6, 6.07) is 16.3. The summed E-state index contributed by atoms with van der Waals surface area (Å²) in [6.45, 7) is 2.94. The number of halogens is 1. The Morgan fingerprint density at radius 1 is 1.05 bits per heavy atom. The van der Waals surface area contributed by atoms with Gasteiger partial charge < -0.3 is 9.88 Å². The second-order valence-corrected chi connectivity index (χ2v) is 5.39. The van der Waals surface area contributed by atoms with Crippen LogP contribution in [0.2, 0.25) is 5.02 Å². The lowest BCUT2D eigenvalue weighted by atomic mass is 10.1. The average molecular weight is 285 g/mol. The van der Waals surface area contributed by atoms with E-state index in [9.17, 15) is 0 Å². The first-order valence-electron chi connectivity index (χ1n) is 6.70. The number of para-hydroxylation sites is 2. The standard InChI is InChI=1S/C17H17ClN2/c1-12-13-7-3-6-10-16(13)20(2)17(12)11-19-15-9-5-4-8-14(15)18/h3-10,19H,11H2,1-2H3. The van der Waals surface area contributed by atoms with Crippen LogP contribution in [0.4, 0.5) is 5.69 Å². The van der Waals surface area contributed by atoms with Crippen LogP contribution >= 0.6 is 11.6 Å². The number of anilines is 1. The number of aromatic nitrogens is 1. The number of hydrogen-bond acceptors (Lipinski definition) is 1. The summed E-state index contributed by atoms with van der Waals surface area (Å²) in [5, 5.41) is 5.48. The van der Waals surface area contributed by atoms with E-state index in [2.05, 4.69) is 48.1 Å². The molecule has 0 saturated carbocycles. The molecule has 0 aliphatic rings. The van der Waals surface area contributed by atoms with Gasteiger partial charge in [0.05, 0.1) is 17.3 Å². The predicted molar refractivity (Wildman–Crippen MR) is 86.4 cm³/mol. The fourth-order valence-electron chi connectivity index (χ4n) is 2.67. The van der Waals surface area contributed by atoms with Crippen molar-refractivity contribution in [1.29, 1.82) is 0 Å². The third kappa shape index (κ3) is 2.16. The molecule has 1 heterocycles. The van der Waals surface area contributed by atoms with E-state index in [0.29, 0.717) is 0 Å². The van der Waals surface area contributed by atoms with Gasteiger partial charge in [0.1, 0.15) is 0 Å². The van der Waals surface area contributed by atoms with Crippen molar-refractivity contribution < 1.29 is 0 Å². The molecule has 0 aliphatic heterocycles. The molecular formula is C17H17ClN2. The van der Waals surface area contributed by atoms with E-state index < -0.39 is 0 Å². The normalized spacial score (nSPS) is 10.9. The van der Waals surface area contributed by atoms with Crippen LogP contribution in [0.15, 0.2) is 48.5 Å². The first kappa shape index (κ1) is 13.1. The summed E-state index contributed by atoms with van der Waals surface area (Å²) in [5.74, 6) is 0. The topological polar surface area (TPSA) is 17.0 Å². The van der Waals surface area contributed by atoms with E-state index >= 15 is 0 Å². The van der Waals surface area contributed by atoms with Gasteiger partial charge in [0.25, 0.3) is 0 Å². The quantitative estimate of drug-likeness (QED) is 0.734. The van der Waals surface area contributed by atoms with Crippen molar-refractivity contribution in [3.63, 3.8) is 0 Å². The van der Waals surface area contributed by atoms with Crippen LogP contribution in [0.3, 0.4) is 0 Å². The number of benzene rings is 2. The molecule has 3 heteroatoms. The highest BCUT2D eigenvalue weighted by molar-refractivity contribution is 6.33. The maximum Gasteiger partial charge on any atom is 0.0637 e. The zero-order valence-electron chi connectivity index (χ0n) is 11.7. The molecule has 2 nitrogen and oxygen atoms in total. The molecule has 1 aromatic heterocycles. The minimum Gasteiger partial charge on any atom is -0.378 e. The number of rotatable bonds is 3. The Labute approximate surface area is 124 Å². The van der Waals surface area contributed by atoms with Gasteiger partial charge in [0, 0.05) is 23.6 Å². The largest absolute Gasteiger partial charge is 0.378 e. The minimum atomic E-state index is 0.754. The molecule has 1 N–H and O–H groups in total. The van der Waals surface area contributed by atoms with Crippen molar-refractivity contribution in [3.8, 4) is 0 Å². The minimum absolute atomic E-state index is 0.754. The van der Waals surface area contributed by atoms with E-state index in [1.807, 2.05) is 24.3 Å². The SMILES string of the molecule is Cc1c(CNc2ccccc2Cl)n(C)c2ccccc12. The molecule has 0 aliphatic carbocycles. The van der Waals surface area contributed by atoms with Gasteiger partial charge in [-0.3, -0.25) is 0 Å². The number of nitrogens with zero attached hydrogens (tertiary/aromatic N) is 1. The third-order valence-corrected chi connectivity index (χ3v) is 4.16. The lowest BCUT2D eigenvalue weighted by molar-refractivity contribution is 0.862. The summed E-state index contributed by atoms with van der Waals surface area (Å²) >= 11 is 6.18. The van der Waals surface area contributed by atoms with Crippen molar-refractivity contribution in [1.82, 2.24) is 4.57 Å². The van der Waals surface area contributed by atoms with Gasteiger partial charge in [-0.05, 0) is 30.7 Å². The molecule has 102 valence electrons. The Bertz CT molecular complexity index is 720. The summed E-state index contributed by atoms with van der Waals surface area (Å²) in [5.41, 5.74) is 4.84. The lowest BCUT2D eigenvalue weighted by Gasteiger charge is -2.10. The fraction of sp³-hybridized carbons (Fsp3) is 0.176. The van der Waals surface area contributed by atoms with E-state index in [-0.39, 0.29) is 0 Å². The molecule has 0 amide bonds. The Balaban J connectivity index is 1.94. The monoisotopic (exact) mass is 284 g/mol. The van der Waals surface area contributed by atoms with Crippen LogP contribution in [0.25, 0.3) is 10.9 Å². The second-order valence-electron chi connectivity index (χ2n) is 4.98. The van der Waals surface area contributed by atoms with Gasteiger partial charge >= 0.3 is 0 Å². The second kappa shape index (κ2) is 5.22. The summed E-state index contributed by atoms with van der Waals surface area (Å²) in [7, 11) is 2.11. The molecular weight excluding hydrogens is 268 g/mol. The molecule has 3 aromatic rings. The number of hydrogen-bond donors (Lipinski definition) is 1. The van der Waals surface area contributed by atoms with Crippen LogP contribution in [0.1, 0.15) is 11.3 Å². The molecule has 20 heavy (non-hydrogen) atoms.